The van der Waals surface area contributed by atoms with Crippen LogP contribution in [-0.2, 0) is 11.0 Å². The third kappa shape index (κ3) is 4.46. The van der Waals surface area contributed by atoms with E-state index in [1.807, 2.05) is 0 Å². The summed E-state index contributed by atoms with van der Waals surface area (Å²) in [6.07, 6.45) is -0.0730. The summed E-state index contributed by atoms with van der Waals surface area (Å²) in [5.41, 5.74) is -1.41. The summed E-state index contributed by atoms with van der Waals surface area (Å²) in [6, 6.07) is 3.09. The normalized spacial score (nSPS) is 16.0. The lowest BCUT2D eigenvalue weighted by molar-refractivity contribution is -0.141. The van der Waals surface area contributed by atoms with Crippen molar-refractivity contribution in [1.82, 2.24) is 5.32 Å². The van der Waals surface area contributed by atoms with Gasteiger partial charge in [-0.25, -0.2) is 0 Å². The van der Waals surface area contributed by atoms with E-state index in [9.17, 15) is 22.8 Å². The molecule has 126 valence electrons. The van der Waals surface area contributed by atoms with E-state index in [4.69, 9.17) is 4.74 Å². The number of hydrogen-bond donors (Lipinski definition) is 1. The standard InChI is InChI=1S/C16H18F3NO3/c1-10(21)23-14-12(8-5-9-13(14)16(17,18)19)15(22)20-11-6-3-2-4-7-11/h5,8-9,11H,2-4,6-7H2,1H3,(H,20,22). The average molecular weight is 329 g/mol. The van der Waals surface area contributed by atoms with E-state index in [2.05, 4.69) is 5.32 Å². The number of para-hydroxylation sites is 1. The second kappa shape index (κ2) is 7.02. The van der Waals surface area contributed by atoms with E-state index in [-0.39, 0.29) is 11.6 Å². The van der Waals surface area contributed by atoms with Gasteiger partial charge < -0.3 is 10.1 Å². The van der Waals surface area contributed by atoms with Crippen molar-refractivity contribution in [2.24, 2.45) is 0 Å². The molecule has 1 aliphatic rings. The minimum Gasteiger partial charge on any atom is -0.425 e. The van der Waals surface area contributed by atoms with Gasteiger partial charge in [0.1, 0.15) is 0 Å². The fourth-order valence-electron chi connectivity index (χ4n) is 2.70. The molecular formula is C16H18F3NO3. The van der Waals surface area contributed by atoms with Gasteiger partial charge in [0.05, 0.1) is 11.1 Å². The van der Waals surface area contributed by atoms with Crippen molar-refractivity contribution in [2.45, 2.75) is 51.2 Å². The first kappa shape index (κ1) is 17.3. The predicted octanol–water partition coefficient (Wildman–Crippen LogP) is 3.69. The van der Waals surface area contributed by atoms with Crippen molar-refractivity contribution in [3.63, 3.8) is 0 Å². The Morgan fingerprint density at radius 3 is 2.39 bits per heavy atom. The van der Waals surface area contributed by atoms with Gasteiger partial charge in [-0.05, 0) is 25.0 Å². The largest absolute Gasteiger partial charge is 0.425 e. The number of rotatable bonds is 3. The number of carbonyl (C=O) groups excluding carboxylic acids is 2. The predicted molar refractivity (Wildman–Crippen MR) is 77.1 cm³/mol. The molecule has 7 heteroatoms. The third-order valence-corrected chi connectivity index (χ3v) is 3.75. The van der Waals surface area contributed by atoms with Gasteiger partial charge in [-0.3, -0.25) is 9.59 Å². The van der Waals surface area contributed by atoms with Crippen LogP contribution in [-0.4, -0.2) is 17.9 Å². The van der Waals surface area contributed by atoms with Crippen LogP contribution in [0.4, 0.5) is 13.2 Å². The highest BCUT2D eigenvalue weighted by atomic mass is 19.4. The van der Waals surface area contributed by atoms with E-state index < -0.39 is 29.4 Å². The molecule has 0 aliphatic heterocycles. The molecule has 1 aliphatic carbocycles. The van der Waals surface area contributed by atoms with E-state index in [1.165, 1.54) is 6.07 Å². The lowest BCUT2D eigenvalue weighted by Crippen LogP contribution is -2.36. The van der Waals surface area contributed by atoms with Crippen molar-refractivity contribution < 1.29 is 27.5 Å². The molecule has 0 radical (unpaired) electrons. The van der Waals surface area contributed by atoms with Gasteiger partial charge in [0.2, 0.25) is 0 Å². The first-order valence-electron chi connectivity index (χ1n) is 7.48. The number of esters is 1. The molecule has 23 heavy (non-hydrogen) atoms. The molecule has 1 fully saturated rings. The number of carbonyl (C=O) groups is 2. The summed E-state index contributed by atoms with van der Waals surface area (Å²) in [4.78, 5) is 23.5. The number of amides is 1. The molecule has 4 nitrogen and oxygen atoms in total. The SMILES string of the molecule is CC(=O)Oc1c(C(=O)NC2CCCCC2)cccc1C(F)(F)F. The van der Waals surface area contributed by atoms with Crippen LogP contribution in [0.2, 0.25) is 0 Å². The first-order chi connectivity index (χ1) is 10.8. The maximum Gasteiger partial charge on any atom is 0.420 e. The third-order valence-electron chi connectivity index (χ3n) is 3.75. The smallest absolute Gasteiger partial charge is 0.420 e. The number of halogens is 3. The molecule has 0 aromatic heterocycles. The van der Waals surface area contributed by atoms with Crippen molar-refractivity contribution >= 4 is 11.9 Å². The van der Waals surface area contributed by atoms with Gasteiger partial charge in [-0.1, -0.05) is 25.3 Å². The van der Waals surface area contributed by atoms with Crippen molar-refractivity contribution in [3.05, 3.63) is 29.3 Å². The van der Waals surface area contributed by atoms with Crippen LogP contribution in [0.5, 0.6) is 5.75 Å². The minimum absolute atomic E-state index is 0.0593. The van der Waals surface area contributed by atoms with Gasteiger partial charge in [-0.2, -0.15) is 13.2 Å². The molecule has 1 aromatic carbocycles. The quantitative estimate of drug-likeness (QED) is 0.680. The Labute approximate surface area is 132 Å². The molecule has 1 saturated carbocycles. The Balaban J connectivity index is 2.32. The average Bonchev–Trinajstić information content (AvgIpc) is 2.46. The van der Waals surface area contributed by atoms with E-state index in [0.29, 0.717) is 0 Å². The molecule has 0 unspecified atom stereocenters. The fourth-order valence-corrected chi connectivity index (χ4v) is 2.70. The summed E-state index contributed by atoms with van der Waals surface area (Å²) in [6.45, 7) is 0.996. The van der Waals surface area contributed by atoms with Crippen LogP contribution >= 0.6 is 0 Å². The maximum atomic E-state index is 13.1. The molecule has 1 N–H and O–H groups in total. The Morgan fingerprint density at radius 1 is 1.17 bits per heavy atom. The Hall–Kier alpha value is -2.05. The van der Waals surface area contributed by atoms with Crippen molar-refractivity contribution in [3.8, 4) is 5.75 Å². The molecule has 1 aromatic rings. The highest BCUT2D eigenvalue weighted by Gasteiger charge is 2.37. The Bertz CT molecular complexity index is 593. The van der Waals surface area contributed by atoms with Gasteiger partial charge in [0.25, 0.3) is 5.91 Å². The molecule has 2 rings (SSSR count). The number of alkyl halides is 3. The van der Waals surface area contributed by atoms with Crippen LogP contribution in [0.25, 0.3) is 0 Å². The fraction of sp³-hybridized carbons (Fsp3) is 0.500. The summed E-state index contributed by atoms with van der Waals surface area (Å²) in [7, 11) is 0. The topological polar surface area (TPSA) is 55.4 Å². The number of benzene rings is 1. The van der Waals surface area contributed by atoms with E-state index >= 15 is 0 Å². The number of hydrogen-bond acceptors (Lipinski definition) is 3. The Morgan fingerprint density at radius 2 is 1.83 bits per heavy atom. The molecule has 0 bridgehead atoms. The second-order valence-corrected chi connectivity index (χ2v) is 5.58. The van der Waals surface area contributed by atoms with Gasteiger partial charge in [0, 0.05) is 13.0 Å². The van der Waals surface area contributed by atoms with Crippen LogP contribution in [0, 0.1) is 0 Å². The zero-order valence-electron chi connectivity index (χ0n) is 12.7. The zero-order valence-corrected chi connectivity index (χ0v) is 12.7. The van der Waals surface area contributed by atoms with Crippen LogP contribution in [0.15, 0.2) is 18.2 Å². The van der Waals surface area contributed by atoms with E-state index in [0.717, 1.165) is 51.2 Å². The zero-order chi connectivity index (χ0) is 17.0. The maximum absolute atomic E-state index is 13.1. The van der Waals surface area contributed by atoms with Crippen molar-refractivity contribution in [1.29, 1.82) is 0 Å². The number of ether oxygens (including phenoxy) is 1. The monoisotopic (exact) mass is 329 g/mol. The Kier molecular flexibility index (Phi) is 5.28. The minimum atomic E-state index is -4.72. The van der Waals surface area contributed by atoms with E-state index in [1.54, 1.807) is 0 Å². The highest BCUT2D eigenvalue weighted by molar-refractivity contribution is 5.98. The first-order valence-corrected chi connectivity index (χ1v) is 7.48. The van der Waals surface area contributed by atoms with Gasteiger partial charge in [0.15, 0.2) is 5.75 Å². The molecule has 1 amide bonds. The molecule has 0 spiro atoms. The number of nitrogens with one attached hydrogen (secondary N) is 1. The highest BCUT2D eigenvalue weighted by Crippen LogP contribution is 2.38. The summed E-state index contributed by atoms with van der Waals surface area (Å²) >= 11 is 0. The van der Waals surface area contributed by atoms with Crippen LogP contribution in [0.3, 0.4) is 0 Å². The van der Waals surface area contributed by atoms with Crippen molar-refractivity contribution in [2.75, 3.05) is 0 Å². The second-order valence-electron chi connectivity index (χ2n) is 5.58. The van der Waals surface area contributed by atoms with Crippen LogP contribution < -0.4 is 10.1 Å². The lowest BCUT2D eigenvalue weighted by atomic mass is 9.95. The van der Waals surface area contributed by atoms with Gasteiger partial charge in [-0.15, -0.1) is 0 Å². The molecule has 0 heterocycles. The van der Waals surface area contributed by atoms with Gasteiger partial charge >= 0.3 is 12.1 Å². The summed E-state index contributed by atoms with van der Waals surface area (Å²) in [5.74, 6) is -2.30. The summed E-state index contributed by atoms with van der Waals surface area (Å²) in [5, 5.41) is 2.73. The molecule has 0 saturated heterocycles. The molecule has 0 atom stereocenters. The molecular weight excluding hydrogens is 311 g/mol. The lowest BCUT2D eigenvalue weighted by Gasteiger charge is -2.23. The summed E-state index contributed by atoms with van der Waals surface area (Å²) < 4.78 is 43.9. The van der Waals surface area contributed by atoms with Crippen LogP contribution in [0.1, 0.15) is 54.9 Å².